The van der Waals surface area contributed by atoms with Crippen LogP contribution in [0.4, 0.5) is 4.79 Å². The van der Waals surface area contributed by atoms with Crippen LogP contribution in [-0.2, 0) is 4.74 Å². The molecule has 0 aromatic heterocycles. The van der Waals surface area contributed by atoms with E-state index < -0.39 is 6.09 Å². The van der Waals surface area contributed by atoms with Gasteiger partial charge in [0, 0.05) is 45.3 Å². The molecule has 1 heterocycles. The zero-order valence-electron chi connectivity index (χ0n) is 12.4. The molecule has 1 saturated heterocycles. The van der Waals surface area contributed by atoms with Gasteiger partial charge in [0.05, 0.1) is 13.2 Å². The van der Waals surface area contributed by atoms with Crippen LogP contribution in [0.5, 0.6) is 0 Å². The number of hydrogen-bond acceptors (Lipinski definition) is 5. The number of nitrogens with one attached hydrogen (secondary N) is 1. The van der Waals surface area contributed by atoms with Crippen LogP contribution >= 0.6 is 0 Å². The maximum absolute atomic E-state index is 10.5. The first-order chi connectivity index (χ1) is 9.61. The summed E-state index contributed by atoms with van der Waals surface area (Å²) in [5.74, 6) is 0. The van der Waals surface area contributed by atoms with E-state index in [2.05, 4.69) is 15.1 Å². The van der Waals surface area contributed by atoms with Crippen molar-refractivity contribution < 1.29 is 14.6 Å². The van der Waals surface area contributed by atoms with Gasteiger partial charge in [-0.25, -0.2) is 4.79 Å². The highest BCUT2D eigenvalue weighted by molar-refractivity contribution is 5.64. The van der Waals surface area contributed by atoms with E-state index in [-0.39, 0.29) is 6.04 Å². The summed E-state index contributed by atoms with van der Waals surface area (Å²) < 4.78 is 5.61. The van der Waals surface area contributed by atoms with E-state index in [0.29, 0.717) is 6.54 Å². The van der Waals surface area contributed by atoms with Gasteiger partial charge in [0.15, 0.2) is 0 Å². The lowest BCUT2D eigenvalue weighted by atomic mass is 10.1. The van der Waals surface area contributed by atoms with Crippen molar-refractivity contribution in [3.63, 3.8) is 0 Å². The lowest BCUT2D eigenvalue weighted by molar-refractivity contribution is 0.0796. The normalized spacial score (nSPS) is 17.6. The summed E-state index contributed by atoms with van der Waals surface area (Å²) in [4.78, 5) is 15.0. The van der Waals surface area contributed by atoms with E-state index in [0.717, 1.165) is 58.8 Å². The molecule has 118 valence electrons. The van der Waals surface area contributed by atoms with Crippen molar-refractivity contribution in [1.82, 2.24) is 15.1 Å². The van der Waals surface area contributed by atoms with E-state index in [4.69, 9.17) is 15.6 Å². The average molecular weight is 288 g/mol. The molecular weight excluding hydrogens is 260 g/mol. The Morgan fingerprint density at radius 2 is 2.10 bits per heavy atom. The number of amides is 1. The van der Waals surface area contributed by atoms with Crippen LogP contribution < -0.4 is 11.1 Å². The van der Waals surface area contributed by atoms with Gasteiger partial charge in [-0.2, -0.15) is 0 Å². The second-order valence-corrected chi connectivity index (χ2v) is 5.27. The van der Waals surface area contributed by atoms with Gasteiger partial charge in [-0.15, -0.1) is 0 Å². The second kappa shape index (κ2) is 9.93. The number of ether oxygens (including phenoxy) is 1. The van der Waals surface area contributed by atoms with Gasteiger partial charge in [0.25, 0.3) is 0 Å². The molecule has 7 heteroatoms. The number of likely N-dealkylation sites (tertiary alicyclic amines) is 1. The van der Waals surface area contributed by atoms with Gasteiger partial charge in [0.1, 0.15) is 0 Å². The molecule has 0 aromatic carbocycles. The van der Waals surface area contributed by atoms with E-state index in [1.807, 2.05) is 7.05 Å². The minimum atomic E-state index is -0.923. The highest BCUT2D eigenvalue weighted by Crippen LogP contribution is 2.09. The molecule has 1 fully saturated rings. The maximum atomic E-state index is 10.5. The Kier molecular flexibility index (Phi) is 8.52. The molecule has 0 atom stereocenters. The molecule has 1 aliphatic rings. The van der Waals surface area contributed by atoms with Crippen LogP contribution in [0.2, 0.25) is 0 Å². The summed E-state index contributed by atoms with van der Waals surface area (Å²) in [6.07, 6.45) is 0.838. The molecule has 0 bridgehead atoms. The van der Waals surface area contributed by atoms with Gasteiger partial charge in [0.2, 0.25) is 0 Å². The molecule has 0 spiro atoms. The number of carboxylic acid groups (broad SMARTS) is 1. The molecular formula is C13H28N4O3. The average Bonchev–Trinajstić information content (AvgIpc) is 2.40. The van der Waals surface area contributed by atoms with Crippen molar-refractivity contribution in [3.05, 3.63) is 0 Å². The van der Waals surface area contributed by atoms with Crippen LogP contribution in [0.15, 0.2) is 0 Å². The number of piperidine rings is 1. The van der Waals surface area contributed by atoms with Crippen molar-refractivity contribution in [2.24, 2.45) is 5.73 Å². The first-order valence-corrected chi connectivity index (χ1v) is 7.30. The largest absolute Gasteiger partial charge is 0.465 e. The Morgan fingerprint density at radius 3 is 2.70 bits per heavy atom. The SMILES string of the molecule is CN(CCN)CCOCCN1CCC(NC(=O)O)CC1. The molecule has 4 N–H and O–H groups in total. The fraction of sp³-hybridized carbons (Fsp3) is 0.923. The first kappa shape index (κ1) is 17.2. The Morgan fingerprint density at radius 1 is 1.40 bits per heavy atom. The summed E-state index contributed by atoms with van der Waals surface area (Å²) in [6.45, 7) is 6.72. The standard InChI is InChI=1S/C13H28N4O3/c1-16(7-4-14)8-10-20-11-9-17-5-2-12(3-6-17)15-13(18)19/h12,15H,2-11,14H2,1H3,(H,18,19). The second-order valence-electron chi connectivity index (χ2n) is 5.27. The molecule has 0 aromatic rings. The van der Waals surface area contributed by atoms with Crippen molar-refractivity contribution >= 4 is 6.09 Å². The molecule has 0 saturated carbocycles. The highest BCUT2D eigenvalue weighted by atomic mass is 16.5. The summed E-state index contributed by atoms with van der Waals surface area (Å²) in [7, 11) is 2.04. The number of nitrogens with two attached hydrogens (primary N) is 1. The minimum absolute atomic E-state index is 0.106. The van der Waals surface area contributed by atoms with Gasteiger partial charge in [-0.1, -0.05) is 0 Å². The molecule has 7 nitrogen and oxygen atoms in total. The third kappa shape index (κ3) is 7.64. The van der Waals surface area contributed by atoms with E-state index >= 15 is 0 Å². The monoisotopic (exact) mass is 288 g/mol. The smallest absolute Gasteiger partial charge is 0.404 e. The Balaban J connectivity index is 1.97. The Labute approximate surface area is 121 Å². The molecule has 0 radical (unpaired) electrons. The fourth-order valence-electron chi connectivity index (χ4n) is 2.32. The summed E-state index contributed by atoms with van der Waals surface area (Å²) >= 11 is 0. The van der Waals surface area contributed by atoms with Gasteiger partial charge < -0.3 is 30.7 Å². The quantitative estimate of drug-likeness (QED) is 0.501. The van der Waals surface area contributed by atoms with Crippen LogP contribution in [0.25, 0.3) is 0 Å². The van der Waals surface area contributed by atoms with Crippen molar-refractivity contribution in [3.8, 4) is 0 Å². The van der Waals surface area contributed by atoms with Gasteiger partial charge in [-0.05, 0) is 19.9 Å². The number of carbonyl (C=O) groups is 1. The van der Waals surface area contributed by atoms with E-state index in [9.17, 15) is 4.79 Å². The van der Waals surface area contributed by atoms with Crippen molar-refractivity contribution in [1.29, 1.82) is 0 Å². The van der Waals surface area contributed by atoms with Crippen molar-refractivity contribution in [2.45, 2.75) is 18.9 Å². The molecule has 20 heavy (non-hydrogen) atoms. The number of rotatable bonds is 9. The fourth-order valence-corrected chi connectivity index (χ4v) is 2.32. The predicted molar refractivity (Wildman–Crippen MR) is 78.0 cm³/mol. The zero-order chi connectivity index (χ0) is 14.8. The van der Waals surface area contributed by atoms with E-state index in [1.54, 1.807) is 0 Å². The predicted octanol–water partition coefficient (Wildman–Crippen LogP) is -0.374. The molecule has 0 aliphatic carbocycles. The zero-order valence-corrected chi connectivity index (χ0v) is 12.4. The molecule has 1 amide bonds. The van der Waals surface area contributed by atoms with Gasteiger partial charge in [-0.3, -0.25) is 0 Å². The third-order valence-electron chi connectivity index (χ3n) is 3.60. The summed E-state index contributed by atoms with van der Waals surface area (Å²) in [5.41, 5.74) is 5.47. The first-order valence-electron chi connectivity index (χ1n) is 7.30. The highest BCUT2D eigenvalue weighted by Gasteiger charge is 2.19. The maximum Gasteiger partial charge on any atom is 0.404 e. The lowest BCUT2D eigenvalue weighted by Gasteiger charge is -2.31. The number of likely N-dealkylation sites (N-methyl/N-ethyl adjacent to an activating group) is 1. The Bertz CT molecular complexity index is 270. The van der Waals surface area contributed by atoms with Crippen molar-refractivity contribution in [2.75, 3.05) is 59.5 Å². The molecule has 1 rings (SSSR count). The molecule has 0 unspecified atom stereocenters. The number of hydrogen-bond donors (Lipinski definition) is 3. The van der Waals surface area contributed by atoms with Crippen LogP contribution in [0.1, 0.15) is 12.8 Å². The summed E-state index contributed by atoms with van der Waals surface area (Å²) in [6, 6.07) is 0.106. The third-order valence-corrected chi connectivity index (χ3v) is 3.60. The van der Waals surface area contributed by atoms with E-state index in [1.165, 1.54) is 0 Å². The molecule has 1 aliphatic heterocycles. The minimum Gasteiger partial charge on any atom is -0.465 e. The lowest BCUT2D eigenvalue weighted by Crippen LogP contribution is -2.45. The number of nitrogens with zero attached hydrogens (tertiary/aromatic N) is 2. The van der Waals surface area contributed by atoms with Crippen LogP contribution in [-0.4, -0.2) is 86.6 Å². The summed E-state index contributed by atoms with van der Waals surface area (Å²) in [5, 5.41) is 11.2. The topological polar surface area (TPSA) is 91.1 Å². The Hall–Kier alpha value is -0.890. The van der Waals surface area contributed by atoms with Crippen LogP contribution in [0, 0.1) is 0 Å². The van der Waals surface area contributed by atoms with Crippen LogP contribution in [0.3, 0.4) is 0 Å². The van der Waals surface area contributed by atoms with Gasteiger partial charge >= 0.3 is 6.09 Å².